The predicted molar refractivity (Wildman–Crippen MR) is 8.50 cm³/mol. The van der Waals surface area contributed by atoms with Crippen molar-refractivity contribution in [1.82, 2.24) is 0 Å². The van der Waals surface area contributed by atoms with Gasteiger partial charge in [-0.15, -0.1) is 0 Å². The number of rotatable bonds is 0. The van der Waals surface area contributed by atoms with Gasteiger partial charge in [0, 0.05) is 0 Å². The van der Waals surface area contributed by atoms with Crippen LogP contribution >= 0.6 is 0 Å². The Labute approximate surface area is 66.2 Å². The maximum absolute atomic E-state index is 0. The summed E-state index contributed by atoms with van der Waals surface area (Å²) in [5.74, 6) is 0. The molecular weight excluding hydrogens is 326 g/mol. The molecule has 0 aromatic carbocycles. The molecule has 0 N–H and O–H groups in total. The Kier molecular flexibility index (Phi) is 3110. The Balaban J connectivity index is 0. The monoisotopic (exact) mass is 327 g/mol. The summed E-state index contributed by atoms with van der Waals surface area (Å²) >= 11 is 0. The molecular formula is MnO4Pb. The van der Waals surface area contributed by atoms with Gasteiger partial charge in [0.1, 0.15) is 0 Å². The van der Waals surface area contributed by atoms with Crippen LogP contribution in [0.15, 0.2) is 0 Å². The van der Waals surface area contributed by atoms with Gasteiger partial charge in [0.05, 0.1) is 0 Å². The van der Waals surface area contributed by atoms with Crippen LogP contribution in [-0.4, -0.2) is 27.3 Å². The summed E-state index contributed by atoms with van der Waals surface area (Å²) in [5.41, 5.74) is 0. The van der Waals surface area contributed by atoms with Gasteiger partial charge in [-0.2, -0.15) is 0 Å². The van der Waals surface area contributed by atoms with Gasteiger partial charge in [0.15, 0.2) is 0 Å². The Hall–Kier alpha value is 1.28. The molecule has 0 rings (SSSR count). The maximum atomic E-state index is 0. The molecule has 0 heterocycles. The first-order valence-corrected chi connectivity index (χ1v) is 0. The quantitative estimate of drug-likeness (QED) is 0.516. The van der Waals surface area contributed by atoms with Crippen molar-refractivity contribution >= 4 is 27.3 Å². The van der Waals surface area contributed by atoms with Crippen LogP contribution in [0.4, 0.5) is 0 Å². The average molecular weight is 326 g/mol. The normalized spacial score (nSPS) is 0. The second-order valence-corrected chi connectivity index (χ2v) is 0. The zero-order chi connectivity index (χ0) is 0. The third kappa shape index (κ3) is 59.0. The molecule has 0 fully saturated rings. The Bertz CT molecular complexity index is 7.51. The smallest absolute Gasteiger partial charge is 2.00 e. The van der Waals surface area contributed by atoms with Gasteiger partial charge in [0.2, 0.25) is 0 Å². The minimum atomic E-state index is 0. The summed E-state index contributed by atoms with van der Waals surface area (Å²) in [6, 6.07) is 0. The molecule has 0 aliphatic heterocycles. The van der Waals surface area contributed by atoms with E-state index in [-0.39, 0.29) is 66.3 Å². The molecule has 0 unspecified atom stereocenters. The molecule has 0 saturated carbocycles. The van der Waals surface area contributed by atoms with E-state index in [1.54, 1.807) is 0 Å². The van der Waals surface area contributed by atoms with Crippen LogP contribution in [0.3, 0.4) is 0 Å². The fourth-order valence-corrected chi connectivity index (χ4v) is 0. The second-order valence-electron chi connectivity index (χ2n) is 0. The standard InChI is InChI=1S/Mn.4O.Pb/q+4;4*-2;+4. The first-order chi connectivity index (χ1) is 0. The summed E-state index contributed by atoms with van der Waals surface area (Å²) in [6.07, 6.45) is 0. The van der Waals surface area contributed by atoms with E-state index >= 15 is 0 Å². The summed E-state index contributed by atoms with van der Waals surface area (Å²) in [6.45, 7) is 0. The van der Waals surface area contributed by atoms with E-state index < -0.39 is 0 Å². The molecule has 35 valence electrons. The maximum Gasteiger partial charge on any atom is 4.00 e. The fraction of sp³-hybridized carbons (Fsp3) is 0. The average Bonchev–Trinajstić information content (AvgIpc) is 0. The summed E-state index contributed by atoms with van der Waals surface area (Å²) < 4.78 is 0. The van der Waals surface area contributed by atoms with Gasteiger partial charge in [-0.25, -0.2) is 0 Å². The zero-order valence-corrected chi connectivity index (χ0v) is 7.58. The van der Waals surface area contributed by atoms with Crippen LogP contribution in [0.2, 0.25) is 0 Å². The van der Waals surface area contributed by atoms with Crippen molar-refractivity contribution < 1.29 is 39.0 Å². The van der Waals surface area contributed by atoms with Crippen LogP contribution in [0, 0.1) is 0 Å². The van der Waals surface area contributed by atoms with Crippen LogP contribution in [0.5, 0.6) is 0 Å². The molecule has 0 aromatic heterocycles. The van der Waals surface area contributed by atoms with Crippen molar-refractivity contribution in [3.05, 3.63) is 0 Å². The van der Waals surface area contributed by atoms with Crippen molar-refractivity contribution in [1.29, 1.82) is 0 Å². The second kappa shape index (κ2) is 107. The first kappa shape index (κ1) is 175. The third-order valence-electron chi connectivity index (χ3n) is 0. The molecule has 0 spiro atoms. The van der Waals surface area contributed by atoms with Gasteiger partial charge in [-0.1, -0.05) is 0 Å². The molecule has 0 aliphatic carbocycles. The van der Waals surface area contributed by atoms with E-state index in [1.807, 2.05) is 0 Å². The minimum absolute atomic E-state index is 0. The number of hydrogen-bond donors (Lipinski definition) is 0. The Morgan fingerprint density at radius 3 is 0.500 bits per heavy atom. The molecule has 0 saturated heterocycles. The van der Waals surface area contributed by atoms with Gasteiger partial charge < -0.3 is 21.9 Å². The molecule has 0 aliphatic rings. The Morgan fingerprint density at radius 1 is 0.500 bits per heavy atom. The Morgan fingerprint density at radius 2 is 0.500 bits per heavy atom. The molecule has 4 nitrogen and oxygen atoms in total. The minimum Gasteiger partial charge on any atom is -2.00 e. The van der Waals surface area contributed by atoms with E-state index in [2.05, 4.69) is 0 Å². The molecule has 6 heteroatoms. The van der Waals surface area contributed by atoms with Crippen molar-refractivity contribution in [3.63, 3.8) is 0 Å². The van der Waals surface area contributed by atoms with Crippen LogP contribution in [0.1, 0.15) is 0 Å². The molecule has 6 heavy (non-hydrogen) atoms. The van der Waals surface area contributed by atoms with Crippen molar-refractivity contribution in [2.75, 3.05) is 0 Å². The topological polar surface area (TPSA) is 114 Å². The fourth-order valence-electron chi connectivity index (χ4n) is 0. The largest absolute Gasteiger partial charge is 4.00 e. The SMILES string of the molecule is [Mn+4].[O-2].[O-2].[O-2].[O-2].[Pb+4]. The molecule has 0 bridgehead atoms. The van der Waals surface area contributed by atoms with Crippen LogP contribution < -0.4 is 0 Å². The number of hydrogen-bond acceptors (Lipinski definition) is 0. The third-order valence-corrected chi connectivity index (χ3v) is 0. The van der Waals surface area contributed by atoms with Gasteiger partial charge in [-0.3, -0.25) is 0 Å². The van der Waals surface area contributed by atoms with Crippen molar-refractivity contribution in [2.24, 2.45) is 0 Å². The predicted octanol–water partition coefficient (Wildman–Crippen LogP) is -0.859. The first-order valence-electron chi connectivity index (χ1n) is 0. The van der Waals surface area contributed by atoms with Crippen molar-refractivity contribution in [3.8, 4) is 0 Å². The van der Waals surface area contributed by atoms with E-state index in [1.165, 1.54) is 0 Å². The van der Waals surface area contributed by atoms with Gasteiger partial charge in [0.25, 0.3) is 0 Å². The molecule has 1 radical (unpaired) electrons. The summed E-state index contributed by atoms with van der Waals surface area (Å²) in [5, 5.41) is 0. The molecule has 0 aromatic rings. The van der Waals surface area contributed by atoms with Gasteiger partial charge >= 0.3 is 44.4 Å². The van der Waals surface area contributed by atoms with E-state index in [0.717, 1.165) is 0 Å². The van der Waals surface area contributed by atoms with Crippen molar-refractivity contribution in [2.45, 2.75) is 0 Å². The van der Waals surface area contributed by atoms with E-state index in [9.17, 15) is 0 Å². The summed E-state index contributed by atoms with van der Waals surface area (Å²) in [7, 11) is 0. The van der Waals surface area contributed by atoms with Crippen LogP contribution in [0.25, 0.3) is 0 Å². The van der Waals surface area contributed by atoms with E-state index in [4.69, 9.17) is 0 Å². The summed E-state index contributed by atoms with van der Waals surface area (Å²) in [4.78, 5) is 0. The molecule has 0 atom stereocenters. The van der Waals surface area contributed by atoms with Crippen LogP contribution in [-0.2, 0) is 39.0 Å². The zero-order valence-electron chi connectivity index (χ0n) is 2.51. The van der Waals surface area contributed by atoms with Gasteiger partial charge in [-0.05, 0) is 0 Å². The molecule has 0 amide bonds. The van der Waals surface area contributed by atoms with E-state index in [0.29, 0.717) is 0 Å².